The molecule has 1 aliphatic carbocycles. The summed E-state index contributed by atoms with van der Waals surface area (Å²) in [6, 6.07) is 15.8. The molecule has 4 rings (SSSR count). The maximum absolute atomic E-state index is 13.1. The number of nitrogens with zero attached hydrogens (tertiary/aromatic N) is 1. The number of benzene rings is 2. The third-order valence-corrected chi connectivity index (χ3v) is 5.02. The van der Waals surface area contributed by atoms with Crippen LogP contribution in [0.1, 0.15) is 32.2 Å². The van der Waals surface area contributed by atoms with Crippen LogP contribution in [0.3, 0.4) is 0 Å². The summed E-state index contributed by atoms with van der Waals surface area (Å²) in [6.45, 7) is 0. The second-order valence-electron chi connectivity index (χ2n) is 5.92. The number of halogens is 1. The number of hydrogen-bond acceptors (Lipinski definition) is 5. The van der Waals surface area contributed by atoms with Crippen molar-refractivity contribution in [3.8, 4) is 6.07 Å². The molecule has 1 heterocycles. The highest BCUT2D eigenvalue weighted by Crippen LogP contribution is 2.44. The van der Waals surface area contributed by atoms with Crippen LogP contribution in [0.15, 0.2) is 75.8 Å². The first-order chi connectivity index (χ1) is 12.5. The van der Waals surface area contributed by atoms with Gasteiger partial charge >= 0.3 is 0 Å². The van der Waals surface area contributed by atoms with Crippen LogP contribution in [0.2, 0.25) is 0 Å². The number of rotatable bonds is 1. The first-order valence-corrected chi connectivity index (χ1v) is 8.58. The van der Waals surface area contributed by atoms with Gasteiger partial charge in [-0.05, 0) is 17.7 Å². The quantitative estimate of drug-likeness (QED) is 0.780. The maximum Gasteiger partial charge on any atom is 0.229 e. The molecule has 0 saturated heterocycles. The Hall–Kier alpha value is -3.17. The molecule has 0 spiro atoms. The van der Waals surface area contributed by atoms with Crippen LogP contribution in [-0.2, 0) is 4.74 Å². The number of carbonyl (C=O) groups is 2. The Morgan fingerprint density at radius 2 is 1.62 bits per heavy atom. The normalized spacial score (nSPS) is 18.8. The van der Waals surface area contributed by atoms with Crippen molar-refractivity contribution in [1.82, 2.24) is 0 Å². The largest absolute Gasteiger partial charge is 0.436 e. The summed E-state index contributed by atoms with van der Waals surface area (Å²) in [7, 11) is 0. The Morgan fingerprint density at radius 1 is 1.00 bits per heavy atom. The number of fused-ring (bicyclic) bond motifs is 1. The van der Waals surface area contributed by atoms with E-state index >= 15 is 0 Å². The van der Waals surface area contributed by atoms with Gasteiger partial charge < -0.3 is 10.5 Å². The van der Waals surface area contributed by atoms with Crippen molar-refractivity contribution in [2.45, 2.75) is 5.92 Å². The van der Waals surface area contributed by atoms with Gasteiger partial charge in [-0.3, -0.25) is 9.59 Å². The molecule has 2 aromatic carbocycles. The van der Waals surface area contributed by atoms with Crippen LogP contribution in [0, 0.1) is 11.3 Å². The zero-order valence-corrected chi connectivity index (χ0v) is 14.9. The molecular weight excluding hydrogens is 396 g/mol. The van der Waals surface area contributed by atoms with Crippen molar-refractivity contribution in [3.63, 3.8) is 0 Å². The summed E-state index contributed by atoms with van der Waals surface area (Å²) in [6.07, 6.45) is 0. The van der Waals surface area contributed by atoms with Crippen molar-refractivity contribution in [2.24, 2.45) is 5.73 Å². The molecule has 0 amide bonds. The zero-order valence-electron chi connectivity index (χ0n) is 13.3. The van der Waals surface area contributed by atoms with Crippen LogP contribution in [-0.4, -0.2) is 11.6 Å². The summed E-state index contributed by atoms with van der Waals surface area (Å²) >= 11 is 3.37. The van der Waals surface area contributed by atoms with Crippen molar-refractivity contribution < 1.29 is 14.3 Å². The van der Waals surface area contributed by atoms with Crippen LogP contribution < -0.4 is 5.73 Å². The lowest BCUT2D eigenvalue weighted by Crippen LogP contribution is -2.32. The van der Waals surface area contributed by atoms with E-state index in [2.05, 4.69) is 15.9 Å². The molecule has 1 atom stereocenters. The molecule has 1 aliphatic heterocycles. The minimum Gasteiger partial charge on any atom is -0.436 e. The molecule has 5 nitrogen and oxygen atoms in total. The minimum atomic E-state index is -0.748. The lowest BCUT2D eigenvalue weighted by Gasteiger charge is -2.30. The molecule has 2 N–H and O–H groups in total. The first-order valence-electron chi connectivity index (χ1n) is 7.78. The van der Waals surface area contributed by atoms with Crippen molar-refractivity contribution in [2.75, 3.05) is 0 Å². The average molecular weight is 407 g/mol. The van der Waals surface area contributed by atoms with Crippen LogP contribution in [0.5, 0.6) is 0 Å². The molecular formula is C20H11BrN2O3. The maximum atomic E-state index is 13.1. The lowest BCUT2D eigenvalue weighted by atomic mass is 9.75. The number of allylic oxidation sites excluding steroid dienone is 3. The number of nitrogens with two attached hydrogens (primary N) is 1. The van der Waals surface area contributed by atoms with E-state index in [4.69, 9.17) is 10.5 Å². The van der Waals surface area contributed by atoms with Gasteiger partial charge in [0.1, 0.15) is 11.6 Å². The molecule has 26 heavy (non-hydrogen) atoms. The van der Waals surface area contributed by atoms with Gasteiger partial charge in [0.15, 0.2) is 11.5 Å². The molecule has 0 saturated carbocycles. The van der Waals surface area contributed by atoms with Crippen molar-refractivity contribution in [1.29, 1.82) is 5.26 Å². The smallest absolute Gasteiger partial charge is 0.229 e. The first kappa shape index (κ1) is 16.3. The predicted octanol–water partition coefficient (Wildman–Crippen LogP) is 3.59. The van der Waals surface area contributed by atoms with Gasteiger partial charge in [-0.25, -0.2) is 0 Å². The van der Waals surface area contributed by atoms with Gasteiger partial charge in [0, 0.05) is 15.6 Å². The highest BCUT2D eigenvalue weighted by molar-refractivity contribution is 9.10. The third kappa shape index (κ3) is 2.29. The van der Waals surface area contributed by atoms with E-state index in [9.17, 15) is 14.9 Å². The molecule has 2 aromatic rings. The molecule has 0 bridgehead atoms. The second kappa shape index (κ2) is 5.97. The SMILES string of the molecule is N#CC1=C(N)OC2=C(C(=O)c3ccccc3C2=O)C1c1ccc(Br)cc1. The average Bonchev–Trinajstić information content (AvgIpc) is 2.66. The highest BCUT2D eigenvalue weighted by atomic mass is 79.9. The molecule has 2 aliphatic rings. The standard InChI is InChI=1S/C20H11BrN2O3/c21-11-7-5-10(6-8-11)15-14(9-22)20(23)26-19-16(15)17(24)12-3-1-2-4-13(12)18(19)25/h1-8,15H,23H2. The van der Waals surface area contributed by atoms with E-state index in [0.717, 1.165) is 4.47 Å². The van der Waals surface area contributed by atoms with Crippen LogP contribution in [0.25, 0.3) is 0 Å². The number of Topliss-reactive ketones (excluding diaryl/α,β-unsaturated/α-hetero) is 2. The van der Waals surface area contributed by atoms with E-state index in [1.165, 1.54) is 0 Å². The molecule has 0 radical (unpaired) electrons. The highest BCUT2D eigenvalue weighted by Gasteiger charge is 2.43. The second-order valence-corrected chi connectivity index (χ2v) is 6.84. The molecule has 0 aromatic heterocycles. The fourth-order valence-corrected chi connectivity index (χ4v) is 3.56. The van der Waals surface area contributed by atoms with Gasteiger partial charge in [0.25, 0.3) is 0 Å². The van der Waals surface area contributed by atoms with Gasteiger partial charge in [0.05, 0.1) is 11.5 Å². The Morgan fingerprint density at radius 3 is 2.23 bits per heavy atom. The summed E-state index contributed by atoms with van der Waals surface area (Å²) in [5.41, 5.74) is 7.45. The molecule has 6 heteroatoms. The van der Waals surface area contributed by atoms with Gasteiger partial charge in [-0.1, -0.05) is 52.3 Å². The van der Waals surface area contributed by atoms with Crippen molar-refractivity contribution >= 4 is 27.5 Å². The number of hydrogen-bond donors (Lipinski definition) is 1. The van der Waals surface area contributed by atoms with Crippen LogP contribution >= 0.6 is 15.9 Å². The summed E-state index contributed by atoms with van der Waals surface area (Å²) < 4.78 is 6.30. The fourth-order valence-electron chi connectivity index (χ4n) is 3.30. The summed E-state index contributed by atoms with van der Waals surface area (Å²) in [4.78, 5) is 26.0. The minimum absolute atomic E-state index is 0.0990. The summed E-state index contributed by atoms with van der Waals surface area (Å²) in [5.74, 6) is -1.74. The van der Waals surface area contributed by atoms with Gasteiger partial charge in [-0.15, -0.1) is 0 Å². The van der Waals surface area contributed by atoms with E-state index in [0.29, 0.717) is 11.1 Å². The number of nitriles is 1. The Balaban J connectivity index is 1.97. The van der Waals surface area contributed by atoms with Crippen LogP contribution in [0.4, 0.5) is 0 Å². The fraction of sp³-hybridized carbons (Fsp3) is 0.0500. The molecule has 1 unspecified atom stereocenters. The van der Waals surface area contributed by atoms with E-state index in [-0.39, 0.29) is 34.1 Å². The third-order valence-electron chi connectivity index (χ3n) is 4.49. The Bertz CT molecular complexity index is 1070. The zero-order chi connectivity index (χ0) is 18.4. The number of carbonyl (C=O) groups excluding carboxylic acids is 2. The number of ether oxygens (including phenoxy) is 1. The van der Waals surface area contributed by atoms with E-state index in [1.807, 2.05) is 6.07 Å². The predicted molar refractivity (Wildman–Crippen MR) is 96.9 cm³/mol. The lowest BCUT2D eigenvalue weighted by molar-refractivity contribution is 0.0897. The number of ketones is 2. The van der Waals surface area contributed by atoms with E-state index < -0.39 is 11.7 Å². The van der Waals surface area contributed by atoms with Crippen molar-refractivity contribution in [3.05, 3.63) is 92.5 Å². The van der Waals surface area contributed by atoms with Gasteiger partial charge in [-0.2, -0.15) is 5.26 Å². The monoisotopic (exact) mass is 406 g/mol. The van der Waals surface area contributed by atoms with E-state index in [1.54, 1.807) is 48.5 Å². The Kier molecular flexibility index (Phi) is 3.74. The Labute approximate surface area is 157 Å². The van der Waals surface area contributed by atoms with Gasteiger partial charge in [0.2, 0.25) is 11.7 Å². The molecule has 0 fully saturated rings. The topological polar surface area (TPSA) is 93.2 Å². The molecule has 126 valence electrons. The summed E-state index contributed by atoms with van der Waals surface area (Å²) in [5, 5.41) is 9.59.